The van der Waals surface area contributed by atoms with Crippen molar-refractivity contribution in [3.05, 3.63) is 29.6 Å². The highest BCUT2D eigenvalue weighted by atomic mass is 19.1. The van der Waals surface area contributed by atoms with Crippen LogP contribution in [0.15, 0.2) is 18.2 Å². The molecule has 3 nitrogen and oxygen atoms in total. The van der Waals surface area contributed by atoms with Crippen molar-refractivity contribution in [3.8, 4) is 5.75 Å². The van der Waals surface area contributed by atoms with Crippen molar-refractivity contribution in [2.24, 2.45) is 0 Å². The molecule has 0 amide bonds. The lowest BCUT2D eigenvalue weighted by Crippen LogP contribution is -2.30. The highest BCUT2D eigenvalue weighted by Gasteiger charge is 2.34. The molecular weight excluding hydrogens is 257 g/mol. The monoisotopic (exact) mass is 281 g/mol. The Morgan fingerprint density at radius 2 is 2.15 bits per heavy atom. The molecular formula is C16H24FNO2. The molecule has 2 rings (SSSR count). The van der Waals surface area contributed by atoms with Gasteiger partial charge in [0, 0.05) is 18.2 Å². The minimum absolute atomic E-state index is 0.379. The van der Waals surface area contributed by atoms with Gasteiger partial charge in [-0.15, -0.1) is 0 Å². The van der Waals surface area contributed by atoms with Gasteiger partial charge in [0.1, 0.15) is 11.6 Å². The third kappa shape index (κ3) is 3.30. The van der Waals surface area contributed by atoms with Crippen LogP contribution < -0.4 is 4.74 Å². The van der Waals surface area contributed by atoms with E-state index in [2.05, 4.69) is 11.8 Å². The van der Waals surface area contributed by atoms with E-state index in [-0.39, 0.29) is 5.82 Å². The van der Waals surface area contributed by atoms with E-state index < -0.39 is 5.60 Å². The second-order valence-electron chi connectivity index (χ2n) is 5.57. The fourth-order valence-corrected chi connectivity index (χ4v) is 2.98. The van der Waals surface area contributed by atoms with E-state index in [0.29, 0.717) is 24.2 Å². The van der Waals surface area contributed by atoms with Crippen LogP contribution >= 0.6 is 0 Å². The average Bonchev–Trinajstić information content (AvgIpc) is 2.62. The number of hydrogen-bond acceptors (Lipinski definition) is 3. The summed E-state index contributed by atoms with van der Waals surface area (Å²) in [4.78, 5) is 2.35. The molecule has 1 aromatic carbocycles. The number of benzene rings is 1. The molecule has 20 heavy (non-hydrogen) atoms. The fraction of sp³-hybridized carbons (Fsp3) is 0.625. The molecule has 0 aliphatic carbocycles. The molecule has 1 saturated heterocycles. The number of nitrogens with zero attached hydrogens (tertiary/aromatic N) is 1. The summed E-state index contributed by atoms with van der Waals surface area (Å²) < 4.78 is 19.2. The van der Waals surface area contributed by atoms with Gasteiger partial charge in [-0.25, -0.2) is 4.39 Å². The molecule has 1 aliphatic heterocycles. The SMILES string of the molecule is CCCN1CCCC(O)(c2ccc(OC)cc2F)CC1. The van der Waals surface area contributed by atoms with Crippen molar-refractivity contribution < 1.29 is 14.2 Å². The van der Waals surface area contributed by atoms with Crippen LogP contribution in [0.2, 0.25) is 0 Å². The van der Waals surface area contributed by atoms with Gasteiger partial charge in [0.25, 0.3) is 0 Å². The Labute approximate surface area is 120 Å². The molecule has 1 unspecified atom stereocenters. The van der Waals surface area contributed by atoms with Crippen LogP contribution in [0.1, 0.15) is 38.2 Å². The van der Waals surface area contributed by atoms with E-state index in [1.807, 2.05) is 0 Å². The number of hydrogen-bond donors (Lipinski definition) is 1. The zero-order valence-corrected chi connectivity index (χ0v) is 12.4. The number of likely N-dealkylation sites (tertiary alicyclic amines) is 1. The molecule has 0 bridgehead atoms. The highest BCUT2D eigenvalue weighted by molar-refractivity contribution is 5.32. The smallest absolute Gasteiger partial charge is 0.132 e. The van der Waals surface area contributed by atoms with Crippen molar-refractivity contribution in [3.63, 3.8) is 0 Å². The van der Waals surface area contributed by atoms with Gasteiger partial charge in [0.2, 0.25) is 0 Å². The molecule has 0 spiro atoms. The van der Waals surface area contributed by atoms with Crippen molar-refractivity contribution in [2.75, 3.05) is 26.7 Å². The number of ether oxygens (including phenoxy) is 1. The maximum absolute atomic E-state index is 14.2. The first kappa shape index (κ1) is 15.3. The zero-order chi connectivity index (χ0) is 14.6. The Balaban J connectivity index is 2.18. The van der Waals surface area contributed by atoms with Crippen molar-refractivity contribution >= 4 is 0 Å². The number of rotatable bonds is 4. The Morgan fingerprint density at radius 3 is 2.80 bits per heavy atom. The summed E-state index contributed by atoms with van der Waals surface area (Å²) in [5.74, 6) is 0.104. The van der Waals surface area contributed by atoms with E-state index in [1.165, 1.54) is 13.2 Å². The number of methoxy groups -OCH3 is 1. The minimum atomic E-state index is -1.06. The third-order valence-electron chi connectivity index (χ3n) is 4.12. The maximum Gasteiger partial charge on any atom is 0.132 e. The first-order valence-corrected chi connectivity index (χ1v) is 7.38. The average molecular weight is 281 g/mol. The molecule has 0 saturated carbocycles. The van der Waals surface area contributed by atoms with Crippen molar-refractivity contribution in [2.45, 2.75) is 38.2 Å². The topological polar surface area (TPSA) is 32.7 Å². The van der Waals surface area contributed by atoms with E-state index in [1.54, 1.807) is 12.1 Å². The van der Waals surface area contributed by atoms with Crippen LogP contribution in [-0.2, 0) is 5.60 Å². The molecule has 1 fully saturated rings. The van der Waals surface area contributed by atoms with E-state index in [4.69, 9.17) is 4.74 Å². The van der Waals surface area contributed by atoms with Gasteiger partial charge in [-0.2, -0.15) is 0 Å². The van der Waals surface area contributed by atoms with Crippen LogP contribution in [0.25, 0.3) is 0 Å². The predicted octanol–water partition coefficient (Wildman–Crippen LogP) is 2.92. The Kier molecular flexibility index (Phi) is 5.00. The molecule has 1 heterocycles. The summed E-state index contributed by atoms with van der Waals surface area (Å²) in [6, 6.07) is 4.72. The van der Waals surface area contributed by atoms with Crippen LogP contribution in [0.5, 0.6) is 5.75 Å². The van der Waals surface area contributed by atoms with Crippen LogP contribution in [0.4, 0.5) is 4.39 Å². The molecule has 1 atom stereocenters. The van der Waals surface area contributed by atoms with E-state index >= 15 is 0 Å². The van der Waals surface area contributed by atoms with Gasteiger partial charge in [-0.1, -0.05) is 6.92 Å². The summed E-state index contributed by atoms with van der Waals surface area (Å²) in [6.07, 6.45) is 3.18. The molecule has 1 aromatic rings. The van der Waals surface area contributed by atoms with Gasteiger partial charge >= 0.3 is 0 Å². The largest absolute Gasteiger partial charge is 0.497 e. The Hall–Kier alpha value is -1.13. The summed E-state index contributed by atoms with van der Waals surface area (Å²) in [6.45, 7) is 4.99. The molecule has 112 valence electrons. The molecule has 4 heteroatoms. The molecule has 1 N–H and O–H groups in total. The van der Waals surface area contributed by atoms with Crippen LogP contribution in [-0.4, -0.2) is 36.8 Å². The van der Waals surface area contributed by atoms with Gasteiger partial charge in [-0.05, 0) is 50.9 Å². The van der Waals surface area contributed by atoms with Gasteiger partial charge in [0.15, 0.2) is 0 Å². The highest BCUT2D eigenvalue weighted by Crippen LogP contribution is 2.35. The van der Waals surface area contributed by atoms with Gasteiger partial charge in [-0.3, -0.25) is 0 Å². The summed E-state index contributed by atoms with van der Waals surface area (Å²) in [5, 5.41) is 10.8. The normalized spacial score (nSPS) is 24.4. The third-order valence-corrected chi connectivity index (χ3v) is 4.12. The van der Waals surface area contributed by atoms with Gasteiger partial charge in [0.05, 0.1) is 12.7 Å². The lowest BCUT2D eigenvalue weighted by Gasteiger charge is -2.28. The molecule has 0 radical (unpaired) electrons. The van der Waals surface area contributed by atoms with E-state index in [0.717, 1.165) is 32.5 Å². The van der Waals surface area contributed by atoms with Crippen LogP contribution in [0.3, 0.4) is 0 Å². The number of aliphatic hydroxyl groups is 1. The first-order valence-electron chi connectivity index (χ1n) is 7.38. The van der Waals surface area contributed by atoms with Crippen molar-refractivity contribution in [1.82, 2.24) is 4.90 Å². The second kappa shape index (κ2) is 6.55. The zero-order valence-electron chi connectivity index (χ0n) is 12.4. The first-order chi connectivity index (χ1) is 9.59. The Bertz CT molecular complexity index is 452. The lowest BCUT2D eigenvalue weighted by atomic mass is 9.86. The quantitative estimate of drug-likeness (QED) is 0.921. The van der Waals surface area contributed by atoms with E-state index in [9.17, 15) is 9.50 Å². The number of halogens is 1. The molecule has 1 aliphatic rings. The second-order valence-corrected chi connectivity index (χ2v) is 5.57. The fourth-order valence-electron chi connectivity index (χ4n) is 2.98. The van der Waals surface area contributed by atoms with Gasteiger partial charge < -0.3 is 14.7 Å². The standard InChI is InChI=1S/C16H24FNO2/c1-3-9-18-10-4-7-16(19,8-11-18)14-6-5-13(20-2)12-15(14)17/h5-6,12,19H,3-4,7-11H2,1-2H3. The summed E-state index contributed by atoms with van der Waals surface area (Å²) in [7, 11) is 1.51. The Morgan fingerprint density at radius 1 is 1.35 bits per heavy atom. The lowest BCUT2D eigenvalue weighted by molar-refractivity contribution is 0.0178. The molecule has 0 aromatic heterocycles. The summed E-state index contributed by atoms with van der Waals surface area (Å²) in [5.41, 5.74) is -0.657. The predicted molar refractivity (Wildman–Crippen MR) is 77.4 cm³/mol. The minimum Gasteiger partial charge on any atom is -0.497 e. The van der Waals surface area contributed by atoms with Crippen LogP contribution in [0, 0.1) is 5.82 Å². The maximum atomic E-state index is 14.2. The van der Waals surface area contributed by atoms with Crippen molar-refractivity contribution in [1.29, 1.82) is 0 Å². The summed E-state index contributed by atoms with van der Waals surface area (Å²) >= 11 is 0.